The lowest BCUT2D eigenvalue weighted by molar-refractivity contribution is 0.0599. The van der Waals surface area contributed by atoms with Crippen LogP contribution in [0.15, 0.2) is 18.2 Å². The molecule has 4 heteroatoms. The number of benzene rings is 1. The molecule has 1 aromatic rings. The predicted octanol–water partition coefficient (Wildman–Crippen LogP) is 2.67. The molecule has 0 atom stereocenters. The Labute approximate surface area is 99.6 Å². The molecule has 1 aromatic carbocycles. The molecule has 0 spiro atoms. The van der Waals surface area contributed by atoms with E-state index < -0.39 is 0 Å². The van der Waals surface area contributed by atoms with Crippen LogP contribution in [0.1, 0.15) is 27.9 Å². The average molecular weight is 238 g/mol. The van der Waals surface area contributed by atoms with Gasteiger partial charge in [-0.2, -0.15) is 5.26 Å². The minimum Gasteiger partial charge on any atom is -0.465 e. The van der Waals surface area contributed by atoms with E-state index in [1.807, 2.05) is 6.07 Å². The summed E-state index contributed by atoms with van der Waals surface area (Å²) in [5.74, 6) is 0.00939. The van der Waals surface area contributed by atoms with E-state index in [2.05, 4.69) is 10.8 Å². The van der Waals surface area contributed by atoms with Crippen LogP contribution in [0.4, 0.5) is 0 Å². The molecular weight excluding hydrogens is 226 g/mol. The molecule has 3 nitrogen and oxygen atoms in total. The van der Waals surface area contributed by atoms with Gasteiger partial charge in [-0.3, -0.25) is 0 Å². The van der Waals surface area contributed by atoms with Gasteiger partial charge >= 0.3 is 5.97 Å². The van der Waals surface area contributed by atoms with Crippen LogP contribution >= 0.6 is 11.6 Å². The van der Waals surface area contributed by atoms with Crippen molar-refractivity contribution in [2.75, 3.05) is 7.11 Å². The lowest BCUT2D eigenvalue weighted by Gasteiger charge is -2.07. The molecule has 0 fully saturated rings. The lowest BCUT2D eigenvalue weighted by atomic mass is 10.0. The lowest BCUT2D eigenvalue weighted by Crippen LogP contribution is -2.06. The molecule has 84 valence electrons. The van der Waals surface area contributed by atoms with E-state index in [1.165, 1.54) is 7.11 Å². The number of nitrogens with zero attached hydrogens (tertiary/aromatic N) is 1. The van der Waals surface area contributed by atoms with Crippen molar-refractivity contribution in [3.63, 3.8) is 0 Å². The minimum atomic E-state index is -0.380. The van der Waals surface area contributed by atoms with Gasteiger partial charge in [0.2, 0.25) is 0 Å². The first-order valence-electron chi connectivity index (χ1n) is 4.86. The van der Waals surface area contributed by atoms with Crippen LogP contribution in [0.25, 0.3) is 0 Å². The molecule has 16 heavy (non-hydrogen) atoms. The van der Waals surface area contributed by atoms with E-state index in [4.69, 9.17) is 16.9 Å². The Kier molecular flexibility index (Phi) is 4.81. The molecular formula is C12H12ClNO2. The standard InChI is InChI=1S/C12H12ClNO2/c1-16-12(15)11-5-4-9(8-13)7-10(11)3-2-6-14/h4-5,7H,2-3,8H2,1H3. The highest BCUT2D eigenvalue weighted by Gasteiger charge is 2.11. The third-order valence-corrected chi connectivity index (χ3v) is 2.54. The molecule has 0 aliphatic carbocycles. The summed E-state index contributed by atoms with van der Waals surface area (Å²) in [5, 5.41) is 8.55. The van der Waals surface area contributed by atoms with Crippen molar-refractivity contribution < 1.29 is 9.53 Å². The number of carbonyl (C=O) groups excluding carboxylic acids is 1. The van der Waals surface area contributed by atoms with E-state index in [1.54, 1.807) is 12.1 Å². The van der Waals surface area contributed by atoms with Crippen molar-refractivity contribution in [1.82, 2.24) is 0 Å². The summed E-state index contributed by atoms with van der Waals surface area (Å²) in [6, 6.07) is 7.37. The Balaban J connectivity index is 3.06. The maximum Gasteiger partial charge on any atom is 0.338 e. The zero-order valence-electron chi connectivity index (χ0n) is 9.00. The summed E-state index contributed by atoms with van der Waals surface area (Å²) >= 11 is 5.72. The molecule has 0 aromatic heterocycles. The van der Waals surface area contributed by atoms with E-state index in [0.717, 1.165) is 11.1 Å². The fraction of sp³-hybridized carbons (Fsp3) is 0.333. The molecule has 0 heterocycles. The number of hydrogen-bond donors (Lipinski definition) is 0. The fourth-order valence-electron chi connectivity index (χ4n) is 1.44. The van der Waals surface area contributed by atoms with Crippen LogP contribution in [-0.2, 0) is 17.0 Å². The second kappa shape index (κ2) is 6.14. The second-order valence-electron chi connectivity index (χ2n) is 3.27. The molecule has 0 unspecified atom stereocenters. The number of hydrogen-bond acceptors (Lipinski definition) is 3. The first kappa shape index (κ1) is 12.5. The number of ether oxygens (including phenoxy) is 1. The Hall–Kier alpha value is -1.53. The van der Waals surface area contributed by atoms with E-state index >= 15 is 0 Å². The van der Waals surface area contributed by atoms with Crippen LogP contribution in [-0.4, -0.2) is 13.1 Å². The quantitative estimate of drug-likeness (QED) is 0.598. The summed E-state index contributed by atoms with van der Waals surface area (Å²) in [4.78, 5) is 11.5. The largest absolute Gasteiger partial charge is 0.465 e. The van der Waals surface area contributed by atoms with Crippen molar-refractivity contribution in [2.45, 2.75) is 18.7 Å². The molecule has 0 aliphatic heterocycles. The van der Waals surface area contributed by atoms with E-state index in [0.29, 0.717) is 24.3 Å². The second-order valence-corrected chi connectivity index (χ2v) is 3.54. The summed E-state index contributed by atoms with van der Waals surface area (Å²) in [6.45, 7) is 0. The third-order valence-electron chi connectivity index (χ3n) is 2.24. The molecule has 0 N–H and O–H groups in total. The zero-order chi connectivity index (χ0) is 12.0. The Morgan fingerprint density at radius 3 is 2.88 bits per heavy atom. The van der Waals surface area contributed by atoms with Gasteiger partial charge in [0.05, 0.1) is 18.7 Å². The van der Waals surface area contributed by atoms with Crippen LogP contribution < -0.4 is 0 Å². The number of carbonyl (C=O) groups is 1. The van der Waals surface area contributed by atoms with Crippen LogP contribution in [0.5, 0.6) is 0 Å². The van der Waals surface area contributed by atoms with Gasteiger partial charge in [0, 0.05) is 12.3 Å². The number of methoxy groups -OCH3 is 1. The van der Waals surface area contributed by atoms with Crippen LogP contribution in [0.2, 0.25) is 0 Å². The number of nitriles is 1. The van der Waals surface area contributed by atoms with Gasteiger partial charge in [0.15, 0.2) is 0 Å². The molecule has 0 bridgehead atoms. The Morgan fingerprint density at radius 1 is 1.56 bits per heavy atom. The van der Waals surface area contributed by atoms with Gasteiger partial charge in [0.1, 0.15) is 0 Å². The van der Waals surface area contributed by atoms with Gasteiger partial charge in [-0.05, 0) is 23.6 Å². The van der Waals surface area contributed by atoms with E-state index in [9.17, 15) is 4.79 Å². The minimum absolute atomic E-state index is 0.371. The van der Waals surface area contributed by atoms with Gasteiger partial charge in [-0.15, -0.1) is 11.6 Å². The first-order valence-corrected chi connectivity index (χ1v) is 5.39. The van der Waals surface area contributed by atoms with Crippen molar-refractivity contribution in [1.29, 1.82) is 5.26 Å². The van der Waals surface area contributed by atoms with Crippen molar-refractivity contribution >= 4 is 17.6 Å². The fourth-order valence-corrected chi connectivity index (χ4v) is 1.60. The summed E-state index contributed by atoms with van der Waals surface area (Å²) in [7, 11) is 1.34. The predicted molar refractivity (Wildman–Crippen MR) is 61.3 cm³/mol. The van der Waals surface area contributed by atoms with Crippen LogP contribution in [0, 0.1) is 11.3 Å². The van der Waals surface area contributed by atoms with Crippen molar-refractivity contribution in [2.24, 2.45) is 0 Å². The molecule has 0 amide bonds. The third kappa shape index (κ3) is 2.98. The molecule has 0 radical (unpaired) electrons. The molecule has 1 rings (SSSR count). The monoisotopic (exact) mass is 237 g/mol. The van der Waals surface area contributed by atoms with Gasteiger partial charge < -0.3 is 4.74 Å². The maximum absolute atomic E-state index is 11.5. The number of aryl methyl sites for hydroxylation is 1. The Morgan fingerprint density at radius 2 is 2.31 bits per heavy atom. The highest BCUT2D eigenvalue weighted by atomic mass is 35.5. The molecule has 0 saturated carbocycles. The number of halogens is 1. The van der Waals surface area contributed by atoms with E-state index in [-0.39, 0.29) is 5.97 Å². The van der Waals surface area contributed by atoms with Crippen LogP contribution in [0.3, 0.4) is 0 Å². The zero-order valence-corrected chi connectivity index (χ0v) is 9.75. The van der Waals surface area contributed by atoms with Gasteiger partial charge in [0.25, 0.3) is 0 Å². The molecule has 0 saturated heterocycles. The van der Waals surface area contributed by atoms with Gasteiger partial charge in [-0.25, -0.2) is 4.79 Å². The maximum atomic E-state index is 11.5. The summed E-state index contributed by atoms with van der Waals surface area (Å²) < 4.78 is 4.68. The number of esters is 1. The topological polar surface area (TPSA) is 50.1 Å². The summed E-state index contributed by atoms with van der Waals surface area (Å²) in [6.07, 6.45) is 0.904. The highest BCUT2D eigenvalue weighted by Crippen LogP contribution is 2.16. The Bertz CT molecular complexity index is 424. The average Bonchev–Trinajstić information content (AvgIpc) is 2.34. The SMILES string of the molecule is COC(=O)c1ccc(CCl)cc1CCC#N. The first-order chi connectivity index (χ1) is 7.72. The number of alkyl halides is 1. The van der Waals surface area contributed by atoms with Crippen molar-refractivity contribution in [3.8, 4) is 6.07 Å². The molecule has 0 aliphatic rings. The smallest absolute Gasteiger partial charge is 0.338 e. The summed E-state index contributed by atoms with van der Waals surface area (Å²) in [5.41, 5.74) is 2.25. The normalized spacial score (nSPS) is 9.56. The van der Waals surface area contributed by atoms with Crippen molar-refractivity contribution in [3.05, 3.63) is 34.9 Å². The van der Waals surface area contributed by atoms with Gasteiger partial charge in [-0.1, -0.05) is 12.1 Å². The number of rotatable bonds is 4. The highest BCUT2D eigenvalue weighted by molar-refractivity contribution is 6.17.